The molecule has 2 aromatic rings. The molecule has 2 heterocycles. The highest BCUT2D eigenvalue weighted by Crippen LogP contribution is 2.25. The Hall–Kier alpha value is -2.12. The minimum Gasteiger partial charge on any atom is -0.474 e. The summed E-state index contributed by atoms with van der Waals surface area (Å²) in [5.41, 5.74) is 0.105. The van der Waals surface area contributed by atoms with Crippen molar-refractivity contribution in [1.82, 2.24) is 15.6 Å². The van der Waals surface area contributed by atoms with Gasteiger partial charge in [-0.3, -0.25) is 0 Å². The SMILES string of the molecule is CCNC(=NCc1ccnc(OC2CCCC2)c1)NCC(C)(O)c1cccs1. The van der Waals surface area contributed by atoms with Gasteiger partial charge in [0.2, 0.25) is 5.88 Å². The normalized spacial score (nSPS) is 17.3. The lowest BCUT2D eigenvalue weighted by Crippen LogP contribution is -2.44. The average Bonchev–Trinajstić information content (AvgIpc) is 3.39. The van der Waals surface area contributed by atoms with Crippen LogP contribution in [0.15, 0.2) is 40.8 Å². The van der Waals surface area contributed by atoms with Gasteiger partial charge in [-0.1, -0.05) is 6.07 Å². The van der Waals surface area contributed by atoms with Gasteiger partial charge in [0.1, 0.15) is 11.7 Å². The van der Waals surface area contributed by atoms with E-state index >= 15 is 0 Å². The predicted molar refractivity (Wildman–Crippen MR) is 114 cm³/mol. The van der Waals surface area contributed by atoms with Crippen LogP contribution in [0.1, 0.15) is 50.0 Å². The summed E-state index contributed by atoms with van der Waals surface area (Å²) >= 11 is 1.55. The van der Waals surface area contributed by atoms with Gasteiger partial charge < -0.3 is 20.5 Å². The first-order valence-electron chi connectivity index (χ1n) is 9.97. The monoisotopic (exact) mass is 402 g/mol. The van der Waals surface area contributed by atoms with Crippen LogP contribution < -0.4 is 15.4 Å². The van der Waals surface area contributed by atoms with E-state index in [1.165, 1.54) is 12.8 Å². The quantitative estimate of drug-likeness (QED) is 0.466. The summed E-state index contributed by atoms with van der Waals surface area (Å²) in [6, 6.07) is 7.81. The highest BCUT2D eigenvalue weighted by molar-refractivity contribution is 7.10. The molecule has 152 valence electrons. The van der Waals surface area contributed by atoms with Gasteiger partial charge in [0.15, 0.2) is 5.96 Å². The summed E-state index contributed by atoms with van der Waals surface area (Å²) in [5.74, 6) is 1.35. The first kappa shape index (κ1) is 20.6. The Labute approximate surface area is 171 Å². The number of aromatic nitrogens is 1. The molecular formula is C21H30N4O2S. The molecule has 0 amide bonds. The van der Waals surface area contributed by atoms with Crippen molar-refractivity contribution in [3.8, 4) is 5.88 Å². The zero-order valence-corrected chi connectivity index (χ0v) is 17.5. The van der Waals surface area contributed by atoms with Crippen molar-refractivity contribution in [2.24, 2.45) is 4.99 Å². The van der Waals surface area contributed by atoms with Crippen LogP contribution in [0.3, 0.4) is 0 Å². The van der Waals surface area contributed by atoms with Crippen LogP contribution in [0.4, 0.5) is 0 Å². The van der Waals surface area contributed by atoms with Gasteiger partial charge in [-0.25, -0.2) is 9.98 Å². The number of pyridine rings is 1. The first-order valence-corrected chi connectivity index (χ1v) is 10.8. The largest absolute Gasteiger partial charge is 0.474 e. The molecule has 7 heteroatoms. The van der Waals surface area contributed by atoms with Gasteiger partial charge in [-0.05, 0) is 62.6 Å². The van der Waals surface area contributed by atoms with Crippen molar-refractivity contribution >= 4 is 17.3 Å². The minimum absolute atomic E-state index is 0.296. The number of hydrogen-bond acceptors (Lipinski definition) is 5. The highest BCUT2D eigenvalue weighted by atomic mass is 32.1. The lowest BCUT2D eigenvalue weighted by atomic mass is 10.1. The molecule has 0 aromatic carbocycles. The number of rotatable bonds is 8. The van der Waals surface area contributed by atoms with E-state index in [-0.39, 0.29) is 0 Å². The second-order valence-corrected chi connectivity index (χ2v) is 8.27. The van der Waals surface area contributed by atoms with E-state index in [2.05, 4.69) is 20.6 Å². The third-order valence-electron chi connectivity index (χ3n) is 4.80. The molecule has 0 aliphatic heterocycles. The van der Waals surface area contributed by atoms with Gasteiger partial charge in [0.05, 0.1) is 13.1 Å². The number of aliphatic imine (C=N–C) groups is 1. The van der Waals surface area contributed by atoms with Gasteiger partial charge >= 0.3 is 0 Å². The summed E-state index contributed by atoms with van der Waals surface area (Å²) in [6.07, 6.45) is 6.77. The third-order valence-corrected chi connectivity index (χ3v) is 5.93. The van der Waals surface area contributed by atoms with E-state index in [9.17, 15) is 5.11 Å². The molecule has 3 rings (SSSR count). The smallest absolute Gasteiger partial charge is 0.213 e. The summed E-state index contributed by atoms with van der Waals surface area (Å²) in [4.78, 5) is 9.90. The molecule has 28 heavy (non-hydrogen) atoms. The Balaban J connectivity index is 1.59. The summed E-state index contributed by atoms with van der Waals surface area (Å²) in [6.45, 7) is 5.48. The van der Waals surface area contributed by atoms with Crippen molar-refractivity contribution in [2.45, 2.75) is 57.8 Å². The molecule has 0 bridgehead atoms. The highest BCUT2D eigenvalue weighted by Gasteiger charge is 2.24. The Morgan fingerprint density at radius 3 is 2.89 bits per heavy atom. The standard InChI is InChI=1S/C21H30N4O2S/c1-3-22-20(25-15-21(2,26)18-9-6-12-28-18)24-14-16-10-11-23-19(13-16)27-17-7-4-5-8-17/h6,9-13,17,26H,3-5,7-8,14-15H2,1-2H3,(H2,22,24,25). The fourth-order valence-corrected chi connectivity index (χ4v) is 4.02. The molecule has 0 saturated heterocycles. The second-order valence-electron chi connectivity index (χ2n) is 7.33. The lowest BCUT2D eigenvalue weighted by Gasteiger charge is -2.23. The van der Waals surface area contributed by atoms with E-state index < -0.39 is 5.60 Å². The Morgan fingerprint density at radius 2 is 2.18 bits per heavy atom. The number of hydrogen-bond donors (Lipinski definition) is 3. The zero-order chi connectivity index (χ0) is 19.8. The maximum atomic E-state index is 10.7. The van der Waals surface area contributed by atoms with Crippen molar-refractivity contribution in [3.63, 3.8) is 0 Å². The van der Waals surface area contributed by atoms with Crippen LogP contribution in [-0.2, 0) is 12.1 Å². The fraction of sp³-hybridized carbons (Fsp3) is 0.524. The number of guanidine groups is 1. The molecule has 3 N–H and O–H groups in total. The number of nitrogens with one attached hydrogen (secondary N) is 2. The maximum absolute atomic E-state index is 10.7. The molecule has 1 unspecified atom stereocenters. The van der Waals surface area contributed by atoms with E-state index in [4.69, 9.17) is 4.74 Å². The van der Waals surface area contributed by atoms with Crippen molar-refractivity contribution in [2.75, 3.05) is 13.1 Å². The Bertz CT molecular complexity index is 756. The van der Waals surface area contributed by atoms with Gasteiger partial charge in [0.25, 0.3) is 0 Å². The first-order chi connectivity index (χ1) is 13.6. The molecule has 2 aromatic heterocycles. The van der Waals surface area contributed by atoms with Crippen LogP contribution >= 0.6 is 11.3 Å². The number of thiophene rings is 1. The summed E-state index contributed by atoms with van der Waals surface area (Å²) in [7, 11) is 0. The van der Waals surface area contributed by atoms with Crippen molar-refractivity contribution < 1.29 is 9.84 Å². The van der Waals surface area contributed by atoms with Gasteiger partial charge in [-0.15, -0.1) is 11.3 Å². The van der Waals surface area contributed by atoms with Crippen molar-refractivity contribution in [3.05, 3.63) is 46.3 Å². The van der Waals surface area contributed by atoms with Gasteiger partial charge in [0, 0.05) is 23.7 Å². The molecule has 1 aliphatic rings. The maximum Gasteiger partial charge on any atom is 0.213 e. The minimum atomic E-state index is -0.941. The summed E-state index contributed by atoms with van der Waals surface area (Å²) < 4.78 is 5.98. The molecule has 1 aliphatic carbocycles. The zero-order valence-electron chi connectivity index (χ0n) is 16.6. The van der Waals surface area contributed by atoms with Crippen molar-refractivity contribution in [1.29, 1.82) is 0 Å². The molecule has 0 spiro atoms. The number of nitrogens with zero attached hydrogens (tertiary/aromatic N) is 2. The summed E-state index contributed by atoms with van der Waals surface area (Å²) in [5, 5.41) is 19.1. The molecular weight excluding hydrogens is 372 g/mol. The van der Waals surface area contributed by atoms with Crippen LogP contribution in [0, 0.1) is 0 Å². The van der Waals surface area contributed by atoms with Crippen LogP contribution in [-0.4, -0.2) is 35.2 Å². The number of aliphatic hydroxyl groups is 1. The molecule has 6 nitrogen and oxygen atoms in total. The van der Waals surface area contributed by atoms with Crippen LogP contribution in [0.25, 0.3) is 0 Å². The van der Waals surface area contributed by atoms with E-state index in [0.717, 1.165) is 29.8 Å². The van der Waals surface area contributed by atoms with Gasteiger partial charge in [-0.2, -0.15) is 0 Å². The lowest BCUT2D eigenvalue weighted by molar-refractivity contribution is 0.0655. The Kier molecular flexibility index (Phi) is 7.28. The molecule has 1 saturated carbocycles. The Morgan fingerprint density at radius 1 is 1.36 bits per heavy atom. The fourth-order valence-electron chi connectivity index (χ4n) is 3.23. The number of ether oxygens (including phenoxy) is 1. The predicted octanol–water partition coefficient (Wildman–Crippen LogP) is 3.43. The van der Waals surface area contributed by atoms with E-state index in [1.54, 1.807) is 17.5 Å². The molecule has 1 atom stereocenters. The molecule has 0 radical (unpaired) electrons. The molecule has 1 fully saturated rings. The van der Waals surface area contributed by atoms with E-state index in [1.807, 2.05) is 43.5 Å². The van der Waals surface area contributed by atoms with E-state index in [0.29, 0.717) is 31.0 Å². The van der Waals surface area contributed by atoms with Crippen LogP contribution in [0.2, 0.25) is 0 Å². The van der Waals surface area contributed by atoms with Crippen LogP contribution in [0.5, 0.6) is 5.88 Å². The topological polar surface area (TPSA) is 78.8 Å². The average molecular weight is 403 g/mol. The third kappa shape index (κ3) is 5.94. The second kappa shape index (κ2) is 9.89.